The van der Waals surface area contributed by atoms with Crippen LogP contribution in [0.1, 0.15) is 23.3 Å². The predicted molar refractivity (Wildman–Crippen MR) is 110 cm³/mol. The van der Waals surface area contributed by atoms with Gasteiger partial charge in [-0.3, -0.25) is 4.79 Å². The van der Waals surface area contributed by atoms with Crippen LogP contribution in [0.4, 0.5) is 20.2 Å². The Kier molecular flexibility index (Phi) is 5.14. The summed E-state index contributed by atoms with van der Waals surface area (Å²) in [5.74, 6) is -2.19. The SMILES string of the molecule is C[C@H]1COc2c(NCCOc3ccc(F)cc3)c(F)c(N)c3c(=O)c(C(=O)O)cn1c23. The first kappa shape index (κ1) is 20.5. The summed E-state index contributed by atoms with van der Waals surface area (Å²) in [5, 5.41) is 12.0. The predicted octanol–water partition coefficient (Wildman–Crippen LogP) is 3.00. The Morgan fingerprint density at radius 3 is 2.74 bits per heavy atom. The van der Waals surface area contributed by atoms with Crippen LogP contribution in [-0.4, -0.2) is 35.4 Å². The molecule has 1 aliphatic heterocycles. The maximum Gasteiger partial charge on any atom is 0.341 e. The minimum absolute atomic E-state index is 0.0455. The zero-order valence-electron chi connectivity index (χ0n) is 16.4. The number of carboxylic acid groups (broad SMARTS) is 1. The summed E-state index contributed by atoms with van der Waals surface area (Å²) in [4.78, 5) is 24.2. The summed E-state index contributed by atoms with van der Waals surface area (Å²) in [6, 6.07) is 5.16. The highest BCUT2D eigenvalue weighted by molar-refractivity contribution is 6.03. The third-order valence-electron chi connectivity index (χ3n) is 5.06. The molecule has 0 saturated carbocycles. The Bertz CT molecular complexity index is 1240. The zero-order valence-corrected chi connectivity index (χ0v) is 16.4. The summed E-state index contributed by atoms with van der Waals surface area (Å²) in [5.41, 5.74) is 4.28. The number of anilines is 2. The molecule has 0 fully saturated rings. The third kappa shape index (κ3) is 3.49. The lowest BCUT2D eigenvalue weighted by molar-refractivity contribution is 0.0694. The summed E-state index contributed by atoms with van der Waals surface area (Å²) >= 11 is 0. The van der Waals surface area contributed by atoms with Gasteiger partial charge >= 0.3 is 5.97 Å². The molecule has 1 aromatic heterocycles. The fraction of sp³-hybridized carbons (Fsp3) is 0.238. The van der Waals surface area contributed by atoms with E-state index < -0.39 is 28.5 Å². The number of benzene rings is 2. The van der Waals surface area contributed by atoms with E-state index >= 15 is 4.39 Å². The molecular weight excluding hydrogens is 412 g/mol. The Morgan fingerprint density at radius 2 is 2.06 bits per heavy atom. The first-order chi connectivity index (χ1) is 14.8. The van der Waals surface area contributed by atoms with Crippen molar-refractivity contribution in [1.82, 2.24) is 4.57 Å². The third-order valence-corrected chi connectivity index (χ3v) is 5.06. The molecule has 2 heterocycles. The number of ether oxygens (including phenoxy) is 2. The van der Waals surface area contributed by atoms with Crippen molar-refractivity contribution in [2.45, 2.75) is 13.0 Å². The van der Waals surface area contributed by atoms with E-state index in [0.717, 1.165) is 0 Å². The lowest BCUT2D eigenvalue weighted by Gasteiger charge is -2.29. The molecule has 10 heteroatoms. The van der Waals surface area contributed by atoms with Crippen LogP contribution in [0.3, 0.4) is 0 Å². The summed E-state index contributed by atoms with van der Waals surface area (Å²) < 4.78 is 40.8. The number of hydrogen-bond donors (Lipinski definition) is 3. The van der Waals surface area contributed by atoms with Crippen LogP contribution in [0.5, 0.6) is 11.5 Å². The molecule has 0 amide bonds. The number of aromatic carboxylic acids is 1. The number of carbonyl (C=O) groups is 1. The molecule has 31 heavy (non-hydrogen) atoms. The Balaban J connectivity index is 1.71. The fourth-order valence-corrected chi connectivity index (χ4v) is 3.54. The number of nitrogen functional groups attached to an aromatic ring is 1. The highest BCUT2D eigenvalue weighted by Gasteiger charge is 2.30. The molecule has 1 aliphatic rings. The van der Waals surface area contributed by atoms with Gasteiger partial charge in [-0.2, -0.15) is 0 Å². The van der Waals surface area contributed by atoms with Gasteiger partial charge in [-0.05, 0) is 31.2 Å². The highest BCUT2D eigenvalue weighted by atomic mass is 19.1. The molecule has 162 valence electrons. The molecule has 0 radical (unpaired) electrons. The van der Waals surface area contributed by atoms with Crippen molar-refractivity contribution in [2.75, 3.05) is 30.8 Å². The van der Waals surface area contributed by atoms with E-state index in [0.29, 0.717) is 5.75 Å². The van der Waals surface area contributed by atoms with Crippen LogP contribution in [-0.2, 0) is 0 Å². The monoisotopic (exact) mass is 431 g/mol. The van der Waals surface area contributed by atoms with Gasteiger partial charge in [-0.25, -0.2) is 13.6 Å². The molecule has 3 aromatic rings. The average Bonchev–Trinajstić information content (AvgIpc) is 2.74. The molecular formula is C21H19F2N3O5. The number of aromatic nitrogens is 1. The van der Waals surface area contributed by atoms with Crippen LogP contribution >= 0.6 is 0 Å². The molecule has 0 bridgehead atoms. The normalized spacial score (nSPS) is 14.9. The van der Waals surface area contributed by atoms with Gasteiger partial charge in [0.2, 0.25) is 5.43 Å². The summed E-state index contributed by atoms with van der Waals surface area (Å²) in [7, 11) is 0. The van der Waals surface area contributed by atoms with Crippen molar-refractivity contribution in [2.24, 2.45) is 0 Å². The number of halogens is 2. The maximum absolute atomic E-state index is 15.1. The minimum atomic E-state index is -1.42. The lowest BCUT2D eigenvalue weighted by atomic mass is 10.0. The first-order valence-corrected chi connectivity index (χ1v) is 9.47. The Morgan fingerprint density at radius 1 is 1.35 bits per heavy atom. The molecule has 4 rings (SSSR count). The van der Waals surface area contributed by atoms with Crippen molar-refractivity contribution >= 4 is 28.2 Å². The van der Waals surface area contributed by atoms with E-state index in [1.165, 1.54) is 30.5 Å². The van der Waals surface area contributed by atoms with Crippen LogP contribution < -0.4 is 26.0 Å². The number of nitrogens with one attached hydrogen (secondary N) is 1. The fourth-order valence-electron chi connectivity index (χ4n) is 3.54. The van der Waals surface area contributed by atoms with Crippen molar-refractivity contribution in [3.05, 3.63) is 57.9 Å². The molecule has 0 saturated heterocycles. The standard InChI is InChI=1S/C21H19F2N3O5/c1-10-9-31-20-17(25-6-7-30-12-4-2-11(22)3-5-12)15(23)16(24)14-18(20)26(10)8-13(19(14)27)21(28)29/h2-5,8,10,25H,6-7,9,24H2,1H3,(H,28,29)/t10-/m0/s1. The molecule has 0 spiro atoms. The minimum Gasteiger partial charge on any atom is -0.492 e. The molecule has 4 N–H and O–H groups in total. The average molecular weight is 431 g/mol. The van der Waals surface area contributed by atoms with Crippen LogP contribution in [0.2, 0.25) is 0 Å². The van der Waals surface area contributed by atoms with E-state index in [9.17, 15) is 19.1 Å². The van der Waals surface area contributed by atoms with E-state index in [1.54, 1.807) is 11.5 Å². The molecule has 0 aliphatic carbocycles. The van der Waals surface area contributed by atoms with E-state index in [2.05, 4.69) is 5.32 Å². The van der Waals surface area contributed by atoms with Gasteiger partial charge in [0, 0.05) is 12.7 Å². The smallest absolute Gasteiger partial charge is 0.341 e. The van der Waals surface area contributed by atoms with E-state index in [-0.39, 0.29) is 54.0 Å². The second-order valence-electron chi connectivity index (χ2n) is 7.13. The van der Waals surface area contributed by atoms with Gasteiger partial charge in [0.15, 0.2) is 11.6 Å². The van der Waals surface area contributed by atoms with Crippen molar-refractivity contribution in [3.8, 4) is 11.5 Å². The van der Waals surface area contributed by atoms with E-state index in [1.807, 2.05) is 0 Å². The van der Waals surface area contributed by atoms with Gasteiger partial charge in [0.25, 0.3) is 0 Å². The number of nitrogens with zero attached hydrogens (tertiary/aromatic N) is 1. The van der Waals surface area contributed by atoms with Gasteiger partial charge < -0.3 is 30.2 Å². The van der Waals surface area contributed by atoms with E-state index in [4.69, 9.17) is 15.2 Å². The Hall–Kier alpha value is -3.82. The van der Waals surface area contributed by atoms with Crippen molar-refractivity contribution in [1.29, 1.82) is 0 Å². The number of nitrogens with two attached hydrogens (primary N) is 1. The van der Waals surface area contributed by atoms with Crippen LogP contribution in [0.15, 0.2) is 35.3 Å². The first-order valence-electron chi connectivity index (χ1n) is 9.47. The molecule has 0 unspecified atom stereocenters. The largest absolute Gasteiger partial charge is 0.492 e. The Labute approximate surface area is 174 Å². The lowest BCUT2D eigenvalue weighted by Crippen LogP contribution is -2.28. The van der Waals surface area contributed by atoms with Gasteiger partial charge in [0.1, 0.15) is 36.0 Å². The van der Waals surface area contributed by atoms with Crippen LogP contribution in [0.25, 0.3) is 10.9 Å². The second kappa shape index (κ2) is 7.78. The highest BCUT2D eigenvalue weighted by Crippen LogP contribution is 2.43. The number of rotatable bonds is 6. The van der Waals surface area contributed by atoms with Gasteiger partial charge in [-0.1, -0.05) is 0 Å². The summed E-state index contributed by atoms with van der Waals surface area (Å²) in [6.07, 6.45) is 1.22. The molecule has 2 aromatic carbocycles. The topological polar surface area (TPSA) is 116 Å². The zero-order chi connectivity index (χ0) is 22.3. The number of pyridine rings is 1. The second-order valence-corrected chi connectivity index (χ2v) is 7.13. The maximum atomic E-state index is 15.1. The van der Waals surface area contributed by atoms with Crippen molar-refractivity contribution < 1.29 is 28.2 Å². The van der Waals surface area contributed by atoms with Crippen LogP contribution in [0, 0.1) is 11.6 Å². The number of carboxylic acids is 1. The van der Waals surface area contributed by atoms with Gasteiger partial charge in [0.05, 0.1) is 22.6 Å². The van der Waals surface area contributed by atoms with Gasteiger partial charge in [-0.15, -0.1) is 0 Å². The molecule has 1 atom stereocenters. The number of hydrogen-bond acceptors (Lipinski definition) is 6. The quantitative estimate of drug-likeness (QED) is 0.406. The van der Waals surface area contributed by atoms with Crippen molar-refractivity contribution in [3.63, 3.8) is 0 Å². The summed E-state index contributed by atoms with van der Waals surface area (Å²) in [6.45, 7) is 2.21. The molecule has 8 nitrogen and oxygen atoms in total.